The van der Waals surface area contributed by atoms with Crippen molar-refractivity contribution in [1.82, 2.24) is 0 Å². The molecular weight excluding hydrogens is 150 g/mol. The Balaban J connectivity index is 3.54. The van der Waals surface area contributed by atoms with Crippen molar-refractivity contribution < 1.29 is 14.5 Å². The fourth-order valence-electron chi connectivity index (χ4n) is 0.376. The highest BCUT2D eigenvalue weighted by Gasteiger charge is 2.14. The van der Waals surface area contributed by atoms with Crippen molar-refractivity contribution >= 4 is 5.97 Å². The summed E-state index contributed by atoms with van der Waals surface area (Å²) < 4.78 is 4.53. The molecule has 0 rings (SSSR count). The van der Waals surface area contributed by atoms with Gasteiger partial charge < -0.3 is 4.74 Å². The summed E-state index contributed by atoms with van der Waals surface area (Å²) in [7, 11) is 0. The van der Waals surface area contributed by atoms with Crippen molar-refractivity contribution in [3.05, 3.63) is 10.1 Å². The van der Waals surface area contributed by atoms with Gasteiger partial charge in [-0.2, -0.15) is 0 Å². The van der Waals surface area contributed by atoms with Gasteiger partial charge in [0.25, 0.3) is 0 Å². The summed E-state index contributed by atoms with van der Waals surface area (Å²) >= 11 is 0. The smallest absolute Gasteiger partial charge is 0.305 e. The predicted molar refractivity (Wildman–Crippen MR) is 37.7 cm³/mol. The number of nitrogens with zero attached hydrogens (tertiary/aromatic N) is 1. The maximum absolute atomic E-state index is 10.5. The van der Waals surface area contributed by atoms with Gasteiger partial charge in [0.2, 0.25) is 6.04 Å². The summed E-state index contributed by atoms with van der Waals surface area (Å²) in [4.78, 5) is 20.0. The summed E-state index contributed by atoms with van der Waals surface area (Å²) in [6.45, 7) is 2.89. The molecule has 0 aliphatic rings. The largest absolute Gasteiger partial charge is 0.458 e. The molecule has 0 heterocycles. The monoisotopic (exact) mass is 161 g/mol. The molecule has 0 amide bonds. The minimum absolute atomic E-state index is 0.139. The molecule has 0 radical (unpaired) electrons. The van der Waals surface area contributed by atoms with Crippen LogP contribution < -0.4 is 0 Å². The second-order valence-corrected chi connectivity index (χ2v) is 2.17. The topological polar surface area (TPSA) is 69.4 Å². The first-order valence-electron chi connectivity index (χ1n) is 3.37. The van der Waals surface area contributed by atoms with Crippen LogP contribution in [0.1, 0.15) is 20.3 Å². The molecule has 0 fully saturated rings. The van der Waals surface area contributed by atoms with Gasteiger partial charge in [0.05, 0.1) is 0 Å². The van der Waals surface area contributed by atoms with Gasteiger partial charge in [-0.15, -0.1) is 0 Å². The fraction of sp³-hybridized carbons (Fsp3) is 0.833. The number of ether oxygens (including phenoxy) is 1. The van der Waals surface area contributed by atoms with Gasteiger partial charge in [0, 0.05) is 18.3 Å². The Hall–Kier alpha value is -1.13. The Morgan fingerprint density at radius 1 is 1.73 bits per heavy atom. The SMILES string of the molecule is CCC(=O)OCC(C)[N+](=O)[O-]. The molecular formula is C6H11NO4. The predicted octanol–water partition coefficient (Wildman–Crippen LogP) is 0.605. The van der Waals surface area contributed by atoms with E-state index in [2.05, 4.69) is 4.74 Å². The molecule has 0 spiro atoms. The van der Waals surface area contributed by atoms with Crippen LogP contribution in [0.5, 0.6) is 0 Å². The molecule has 5 nitrogen and oxygen atoms in total. The Morgan fingerprint density at radius 2 is 2.27 bits per heavy atom. The standard InChI is InChI=1S/C6H11NO4/c1-3-6(8)11-4-5(2)7(9)10/h5H,3-4H2,1-2H3. The third kappa shape index (κ3) is 4.30. The van der Waals surface area contributed by atoms with Crippen molar-refractivity contribution in [2.75, 3.05) is 6.61 Å². The lowest BCUT2D eigenvalue weighted by atomic mass is 10.4. The summed E-state index contributed by atoms with van der Waals surface area (Å²) in [5.74, 6) is -0.404. The van der Waals surface area contributed by atoms with Gasteiger partial charge in [-0.1, -0.05) is 6.92 Å². The highest BCUT2D eigenvalue weighted by molar-refractivity contribution is 5.68. The molecule has 0 aromatic carbocycles. The number of esters is 1. The zero-order valence-electron chi connectivity index (χ0n) is 6.57. The Kier molecular flexibility index (Phi) is 4.17. The maximum Gasteiger partial charge on any atom is 0.305 e. The van der Waals surface area contributed by atoms with E-state index < -0.39 is 16.9 Å². The molecule has 0 aromatic rings. The second kappa shape index (κ2) is 4.65. The van der Waals surface area contributed by atoms with E-state index in [1.54, 1.807) is 6.92 Å². The highest BCUT2D eigenvalue weighted by atomic mass is 16.6. The molecule has 0 aliphatic heterocycles. The zero-order valence-corrected chi connectivity index (χ0v) is 6.57. The number of hydrogen-bond acceptors (Lipinski definition) is 4. The van der Waals surface area contributed by atoms with E-state index in [4.69, 9.17) is 0 Å². The van der Waals surface area contributed by atoms with E-state index in [0.717, 1.165) is 0 Å². The van der Waals surface area contributed by atoms with Crippen LogP contribution in [-0.4, -0.2) is 23.5 Å². The van der Waals surface area contributed by atoms with Gasteiger partial charge in [0.15, 0.2) is 6.61 Å². The number of nitro groups is 1. The highest BCUT2D eigenvalue weighted by Crippen LogP contribution is 1.91. The maximum atomic E-state index is 10.5. The number of rotatable bonds is 4. The van der Waals surface area contributed by atoms with Crippen molar-refractivity contribution in [2.24, 2.45) is 0 Å². The molecule has 0 saturated carbocycles. The van der Waals surface area contributed by atoms with Gasteiger partial charge in [-0.05, 0) is 0 Å². The van der Waals surface area contributed by atoms with E-state index in [1.807, 2.05) is 0 Å². The van der Waals surface area contributed by atoms with E-state index in [0.29, 0.717) is 0 Å². The Morgan fingerprint density at radius 3 is 2.64 bits per heavy atom. The Labute approximate surface area is 64.5 Å². The minimum atomic E-state index is -0.814. The molecule has 0 bridgehead atoms. The molecule has 1 atom stereocenters. The molecule has 64 valence electrons. The molecule has 0 N–H and O–H groups in total. The minimum Gasteiger partial charge on any atom is -0.458 e. The fourth-order valence-corrected chi connectivity index (χ4v) is 0.376. The van der Waals surface area contributed by atoms with Gasteiger partial charge in [-0.25, -0.2) is 0 Å². The van der Waals surface area contributed by atoms with Crippen LogP contribution in [0.2, 0.25) is 0 Å². The van der Waals surface area contributed by atoms with Crippen LogP contribution in [0, 0.1) is 10.1 Å². The number of hydrogen-bond donors (Lipinski definition) is 0. The molecule has 11 heavy (non-hydrogen) atoms. The lowest BCUT2D eigenvalue weighted by Gasteiger charge is -2.03. The van der Waals surface area contributed by atoms with Crippen LogP contribution >= 0.6 is 0 Å². The molecule has 5 heteroatoms. The second-order valence-electron chi connectivity index (χ2n) is 2.17. The summed E-state index contributed by atoms with van der Waals surface area (Å²) in [6.07, 6.45) is 0.254. The summed E-state index contributed by atoms with van der Waals surface area (Å²) in [5.41, 5.74) is 0. The van der Waals surface area contributed by atoms with Gasteiger partial charge in [0.1, 0.15) is 0 Å². The first-order chi connectivity index (χ1) is 5.07. The Bertz CT molecular complexity index is 157. The van der Waals surface area contributed by atoms with Crippen LogP contribution in [-0.2, 0) is 9.53 Å². The van der Waals surface area contributed by atoms with E-state index >= 15 is 0 Å². The van der Waals surface area contributed by atoms with Gasteiger partial charge >= 0.3 is 5.97 Å². The lowest BCUT2D eigenvalue weighted by Crippen LogP contribution is -2.23. The van der Waals surface area contributed by atoms with Crippen molar-refractivity contribution in [1.29, 1.82) is 0 Å². The first kappa shape index (κ1) is 9.87. The molecule has 0 aromatic heterocycles. The van der Waals surface area contributed by atoms with Gasteiger partial charge in [-0.3, -0.25) is 14.9 Å². The number of carbonyl (C=O) groups is 1. The van der Waals surface area contributed by atoms with Crippen LogP contribution in [0.25, 0.3) is 0 Å². The van der Waals surface area contributed by atoms with E-state index in [-0.39, 0.29) is 13.0 Å². The molecule has 0 aliphatic carbocycles. The van der Waals surface area contributed by atoms with Crippen molar-refractivity contribution in [3.8, 4) is 0 Å². The normalized spacial score (nSPS) is 12.2. The average Bonchev–Trinajstić information content (AvgIpc) is 1.99. The quantitative estimate of drug-likeness (QED) is 0.344. The van der Waals surface area contributed by atoms with E-state index in [9.17, 15) is 14.9 Å². The van der Waals surface area contributed by atoms with Crippen molar-refractivity contribution in [2.45, 2.75) is 26.3 Å². The average molecular weight is 161 g/mol. The van der Waals surface area contributed by atoms with Crippen molar-refractivity contribution in [3.63, 3.8) is 0 Å². The van der Waals surface area contributed by atoms with Crippen LogP contribution in [0.3, 0.4) is 0 Å². The third-order valence-electron chi connectivity index (χ3n) is 1.13. The summed E-state index contributed by atoms with van der Waals surface area (Å²) in [6, 6.07) is -0.814. The molecule has 1 unspecified atom stereocenters. The zero-order chi connectivity index (χ0) is 8.85. The summed E-state index contributed by atoms with van der Waals surface area (Å²) in [5, 5.41) is 10.0. The van der Waals surface area contributed by atoms with Crippen LogP contribution in [0.15, 0.2) is 0 Å². The third-order valence-corrected chi connectivity index (χ3v) is 1.13. The van der Waals surface area contributed by atoms with E-state index in [1.165, 1.54) is 6.92 Å². The number of carbonyl (C=O) groups excluding carboxylic acids is 1. The first-order valence-corrected chi connectivity index (χ1v) is 3.37. The lowest BCUT2D eigenvalue weighted by molar-refractivity contribution is -0.520. The van der Waals surface area contributed by atoms with Crippen LogP contribution in [0.4, 0.5) is 0 Å². The molecule has 0 saturated heterocycles.